The summed E-state index contributed by atoms with van der Waals surface area (Å²) in [5.74, 6) is 5.41. The van der Waals surface area contributed by atoms with Crippen LogP contribution in [0.25, 0.3) is 16.3 Å². The van der Waals surface area contributed by atoms with Crippen molar-refractivity contribution in [3.63, 3.8) is 0 Å². The molecule has 3 aromatic carbocycles. The van der Waals surface area contributed by atoms with Crippen molar-refractivity contribution in [1.29, 1.82) is 11.1 Å². The van der Waals surface area contributed by atoms with Gasteiger partial charge in [-0.15, -0.1) is 0 Å². The number of carbonyl (C=O) groups is 1. The number of carbonyl (C=O) groups excluding carboxylic acids is 1. The first-order chi connectivity index (χ1) is 16.6. The second-order valence-electron chi connectivity index (χ2n) is 9.28. The van der Waals surface area contributed by atoms with E-state index >= 15 is 0 Å². The third-order valence-electron chi connectivity index (χ3n) is 7.51. The molecule has 4 N–H and O–H groups in total. The molecule has 0 aliphatic heterocycles. The first-order valence-electron chi connectivity index (χ1n) is 11.4. The molecule has 0 unspecified atom stereocenters. The number of hydrogen-bond acceptors (Lipinski definition) is 7. The standard InChI is InChI=1S/C27H26N6O/c28-31-23-22(20-7-2-1-3-8-20)27(25(34)24(23)32-29)14-12-26(33-30,13-15-27)17-18-10-11-19-6-4-5-9-21(19)16-18/h1-11,16,28,30H,12-15,17,29H2. The molecular weight excluding hydrogens is 424 g/mol. The van der Waals surface area contributed by atoms with Crippen molar-refractivity contribution < 1.29 is 4.79 Å². The molecule has 170 valence electrons. The fraction of sp³-hybridized carbons (Fsp3) is 0.259. The lowest BCUT2D eigenvalue weighted by molar-refractivity contribution is -0.120. The Morgan fingerprint density at radius 1 is 0.853 bits per heavy atom. The SMILES string of the molecule is N=NC1=C(c2ccccc2)C2(CCC(Cc3ccc4ccccc4c3)(N=N)CC2)C(=O)C1=NN. The number of allylic oxidation sites excluding steroid dienone is 2. The van der Waals surface area contributed by atoms with E-state index in [1.165, 1.54) is 5.39 Å². The lowest BCUT2D eigenvalue weighted by atomic mass is 9.61. The van der Waals surface area contributed by atoms with Gasteiger partial charge in [-0.3, -0.25) is 4.79 Å². The number of benzene rings is 3. The monoisotopic (exact) mass is 450 g/mol. The fourth-order valence-electron chi connectivity index (χ4n) is 5.72. The molecule has 0 saturated heterocycles. The minimum absolute atomic E-state index is 0.0682. The predicted octanol–water partition coefficient (Wildman–Crippen LogP) is 6.05. The number of nitrogens with zero attached hydrogens (tertiary/aromatic N) is 3. The Balaban J connectivity index is 1.49. The van der Waals surface area contributed by atoms with Gasteiger partial charge in [-0.2, -0.15) is 15.3 Å². The summed E-state index contributed by atoms with van der Waals surface area (Å²) in [5, 5.41) is 13.9. The van der Waals surface area contributed by atoms with Gasteiger partial charge >= 0.3 is 0 Å². The van der Waals surface area contributed by atoms with Gasteiger partial charge in [0.2, 0.25) is 0 Å². The van der Waals surface area contributed by atoms with E-state index in [9.17, 15) is 4.79 Å². The number of hydrogen-bond donors (Lipinski definition) is 3. The van der Waals surface area contributed by atoms with Gasteiger partial charge in [0.05, 0.1) is 11.0 Å². The van der Waals surface area contributed by atoms with Gasteiger partial charge in [0.1, 0.15) is 5.70 Å². The van der Waals surface area contributed by atoms with E-state index in [2.05, 4.69) is 45.7 Å². The Morgan fingerprint density at radius 2 is 1.53 bits per heavy atom. The van der Waals surface area contributed by atoms with Crippen molar-refractivity contribution >= 4 is 27.8 Å². The van der Waals surface area contributed by atoms with Crippen molar-refractivity contribution in [3.8, 4) is 0 Å². The molecule has 0 radical (unpaired) electrons. The highest BCUT2D eigenvalue weighted by Gasteiger charge is 2.56. The molecule has 7 heteroatoms. The normalized spacial score (nSPS) is 25.9. The smallest absolute Gasteiger partial charge is 0.195 e. The van der Waals surface area contributed by atoms with Crippen molar-refractivity contribution in [3.05, 3.63) is 89.6 Å². The third kappa shape index (κ3) is 3.36. The summed E-state index contributed by atoms with van der Waals surface area (Å²) in [5.41, 5.74) is 17.4. The third-order valence-corrected chi connectivity index (χ3v) is 7.51. The quantitative estimate of drug-likeness (QED) is 0.248. The Bertz CT molecular complexity index is 1350. The molecule has 7 nitrogen and oxygen atoms in total. The Labute approximate surface area is 197 Å². The molecule has 1 fully saturated rings. The molecule has 1 spiro atoms. The summed E-state index contributed by atoms with van der Waals surface area (Å²) >= 11 is 0. The second kappa shape index (κ2) is 8.41. The van der Waals surface area contributed by atoms with Crippen LogP contribution in [0, 0.1) is 16.5 Å². The number of fused-ring (bicyclic) bond motifs is 1. The van der Waals surface area contributed by atoms with Crippen LogP contribution < -0.4 is 5.84 Å². The number of hydrazone groups is 1. The van der Waals surface area contributed by atoms with Gasteiger partial charge in [0.15, 0.2) is 11.5 Å². The molecule has 2 aliphatic rings. The van der Waals surface area contributed by atoms with Crippen LogP contribution in [0.15, 0.2) is 93.8 Å². The zero-order valence-electron chi connectivity index (χ0n) is 18.8. The zero-order chi connectivity index (χ0) is 23.8. The lowest BCUT2D eigenvalue weighted by Crippen LogP contribution is -2.43. The van der Waals surface area contributed by atoms with Gasteiger partial charge in [-0.1, -0.05) is 72.8 Å². The van der Waals surface area contributed by atoms with Crippen LogP contribution in [0.2, 0.25) is 0 Å². The van der Waals surface area contributed by atoms with E-state index in [0.29, 0.717) is 32.1 Å². The number of Topliss-reactive ketones (excluding diaryl/α,β-unsaturated/α-hetero) is 1. The minimum Gasteiger partial charge on any atom is -0.323 e. The molecule has 0 amide bonds. The molecule has 3 aromatic rings. The van der Waals surface area contributed by atoms with Crippen LogP contribution in [0.3, 0.4) is 0 Å². The van der Waals surface area contributed by atoms with Crippen LogP contribution >= 0.6 is 0 Å². The molecular formula is C27H26N6O. The predicted molar refractivity (Wildman–Crippen MR) is 132 cm³/mol. The summed E-state index contributed by atoms with van der Waals surface area (Å²) in [6, 6.07) is 24.2. The average Bonchev–Trinajstić information content (AvgIpc) is 3.13. The highest BCUT2D eigenvalue weighted by Crippen LogP contribution is 2.56. The number of rotatable bonds is 5. The summed E-state index contributed by atoms with van der Waals surface area (Å²) < 4.78 is 0. The van der Waals surface area contributed by atoms with Crippen LogP contribution in [-0.4, -0.2) is 17.0 Å². The second-order valence-corrected chi connectivity index (χ2v) is 9.28. The summed E-state index contributed by atoms with van der Waals surface area (Å²) in [6.07, 6.45) is 2.81. The molecule has 34 heavy (non-hydrogen) atoms. The molecule has 0 bridgehead atoms. The number of ketones is 1. The largest absolute Gasteiger partial charge is 0.323 e. The Hall–Kier alpha value is -4.00. The van der Waals surface area contributed by atoms with Gasteiger partial charge in [-0.05, 0) is 54.0 Å². The number of nitrogens with two attached hydrogens (primary N) is 1. The van der Waals surface area contributed by atoms with E-state index in [1.54, 1.807) is 0 Å². The Kier molecular flexibility index (Phi) is 5.40. The van der Waals surface area contributed by atoms with Crippen molar-refractivity contribution in [2.24, 2.45) is 26.6 Å². The van der Waals surface area contributed by atoms with Crippen LogP contribution in [0.5, 0.6) is 0 Å². The molecule has 2 aliphatic carbocycles. The van der Waals surface area contributed by atoms with E-state index in [-0.39, 0.29) is 17.2 Å². The molecule has 1 saturated carbocycles. The lowest BCUT2D eigenvalue weighted by Gasteiger charge is -2.42. The summed E-state index contributed by atoms with van der Waals surface area (Å²) in [4.78, 5) is 13.6. The van der Waals surface area contributed by atoms with Gasteiger partial charge in [0, 0.05) is 5.57 Å². The van der Waals surface area contributed by atoms with Gasteiger partial charge < -0.3 is 5.84 Å². The van der Waals surface area contributed by atoms with Gasteiger partial charge in [-0.25, -0.2) is 11.1 Å². The first kappa shape index (κ1) is 21.8. The number of nitrogens with one attached hydrogen (secondary N) is 2. The fourth-order valence-corrected chi connectivity index (χ4v) is 5.72. The van der Waals surface area contributed by atoms with Crippen molar-refractivity contribution in [1.82, 2.24) is 0 Å². The average molecular weight is 451 g/mol. The zero-order valence-corrected chi connectivity index (χ0v) is 18.8. The maximum Gasteiger partial charge on any atom is 0.195 e. The molecule has 0 aromatic heterocycles. The molecule has 0 atom stereocenters. The summed E-state index contributed by atoms with van der Waals surface area (Å²) in [6.45, 7) is 0. The minimum atomic E-state index is -0.850. The van der Waals surface area contributed by atoms with Crippen LogP contribution in [-0.2, 0) is 11.2 Å². The van der Waals surface area contributed by atoms with E-state index in [0.717, 1.165) is 22.1 Å². The Morgan fingerprint density at radius 3 is 2.18 bits per heavy atom. The van der Waals surface area contributed by atoms with E-state index < -0.39 is 11.0 Å². The van der Waals surface area contributed by atoms with Crippen molar-refractivity contribution in [2.45, 2.75) is 37.6 Å². The van der Waals surface area contributed by atoms with Crippen molar-refractivity contribution in [2.75, 3.05) is 0 Å². The van der Waals surface area contributed by atoms with Crippen LogP contribution in [0.4, 0.5) is 0 Å². The van der Waals surface area contributed by atoms with E-state index in [1.807, 2.05) is 42.5 Å². The maximum absolute atomic E-state index is 13.6. The highest BCUT2D eigenvalue weighted by atomic mass is 16.1. The van der Waals surface area contributed by atoms with Crippen LogP contribution in [0.1, 0.15) is 36.8 Å². The highest BCUT2D eigenvalue weighted by molar-refractivity contribution is 6.54. The molecule has 5 rings (SSSR count). The molecule has 0 heterocycles. The first-order valence-corrected chi connectivity index (χ1v) is 11.4. The van der Waals surface area contributed by atoms with Gasteiger partial charge in [0.25, 0.3) is 0 Å². The topological polar surface area (TPSA) is 128 Å². The maximum atomic E-state index is 13.6. The van der Waals surface area contributed by atoms with E-state index in [4.69, 9.17) is 16.9 Å². The summed E-state index contributed by atoms with van der Waals surface area (Å²) in [7, 11) is 0.